The summed E-state index contributed by atoms with van der Waals surface area (Å²) in [6.07, 6.45) is 6.46. The summed E-state index contributed by atoms with van der Waals surface area (Å²) < 4.78 is 6.97. The fourth-order valence-electron chi connectivity index (χ4n) is 2.43. The van der Waals surface area contributed by atoms with Crippen molar-refractivity contribution >= 4 is 0 Å². The molecule has 0 aliphatic carbocycles. The number of nitrogens with two attached hydrogens (primary N) is 1. The van der Waals surface area contributed by atoms with E-state index in [4.69, 9.17) is 10.2 Å². The zero-order chi connectivity index (χ0) is 13.8. The first-order valence-electron chi connectivity index (χ1n) is 6.59. The Kier molecular flexibility index (Phi) is 4.39. The summed E-state index contributed by atoms with van der Waals surface area (Å²) in [4.78, 5) is 2.24. The van der Waals surface area contributed by atoms with Gasteiger partial charge in [0.1, 0.15) is 0 Å². The van der Waals surface area contributed by atoms with E-state index in [-0.39, 0.29) is 6.04 Å². The monoisotopic (exact) mass is 262 g/mol. The standard InChI is InChI=1S/C14H22N4O/c1-4-13-12(9-18(3)16-13)14(7-15)17(2)8-11-5-6-19-10-11/h5-6,9-10,14H,4,7-8,15H2,1-3H3. The maximum atomic E-state index is 5.97. The fourth-order valence-corrected chi connectivity index (χ4v) is 2.43. The normalized spacial score (nSPS) is 13.1. The molecule has 0 saturated heterocycles. The summed E-state index contributed by atoms with van der Waals surface area (Å²) in [5.41, 5.74) is 9.46. The zero-order valence-electron chi connectivity index (χ0n) is 11.8. The van der Waals surface area contributed by atoms with E-state index in [0.717, 1.165) is 24.2 Å². The zero-order valence-corrected chi connectivity index (χ0v) is 11.8. The van der Waals surface area contributed by atoms with Crippen LogP contribution in [-0.2, 0) is 20.0 Å². The second-order valence-corrected chi connectivity index (χ2v) is 4.86. The predicted molar refractivity (Wildman–Crippen MR) is 74.6 cm³/mol. The van der Waals surface area contributed by atoms with Gasteiger partial charge in [-0.3, -0.25) is 9.58 Å². The molecule has 0 aliphatic heterocycles. The first kappa shape index (κ1) is 13.8. The van der Waals surface area contributed by atoms with Crippen LogP contribution in [0.15, 0.2) is 29.2 Å². The highest BCUT2D eigenvalue weighted by Gasteiger charge is 2.21. The average molecular weight is 262 g/mol. The van der Waals surface area contributed by atoms with Gasteiger partial charge < -0.3 is 10.2 Å². The highest BCUT2D eigenvalue weighted by molar-refractivity contribution is 5.22. The topological polar surface area (TPSA) is 60.2 Å². The maximum absolute atomic E-state index is 5.97. The Balaban J connectivity index is 2.18. The van der Waals surface area contributed by atoms with Crippen molar-refractivity contribution in [2.75, 3.05) is 13.6 Å². The molecule has 0 bridgehead atoms. The largest absolute Gasteiger partial charge is 0.472 e. The maximum Gasteiger partial charge on any atom is 0.0947 e. The van der Waals surface area contributed by atoms with Gasteiger partial charge in [0, 0.05) is 37.5 Å². The van der Waals surface area contributed by atoms with Gasteiger partial charge >= 0.3 is 0 Å². The van der Waals surface area contributed by atoms with E-state index in [0.29, 0.717) is 6.54 Å². The van der Waals surface area contributed by atoms with E-state index in [2.05, 4.69) is 30.2 Å². The SMILES string of the molecule is CCc1nn(C)cc1C(CN)N(C)Cc1ccoc1. The van der Waals surface area contributed by atoms with Crippen LogP contribution in [0.1, 0.15) is 29.8 Å². The van der Waals surface area contributed by atoms with Crippen molar-refractivity contribution in [3.63, 3.8) is 0 Å². The van der Waals surface area contributed by atoms with Crippen molar-refractivity contribution in [1.82, 2.24) is 14.7 Å². The van der Waals surface area contributed by atoms with Crippen LogP contribution in [0, 0.1) is 0 Å². The summed E-state index contributed by atoms with van der Waals surface area (Å²) >= 11 is 0. The van der Waals surface area contributed by atoms with Gasteiger partial charge in [-0.05, 0) is 19.5 Å². The molecule has 2 aromatic rings. The Bertz CT molecular complexity index is 504. The lowest BCUT2D eigenvalue weighted by molar-refractivity contribution is 0.240. The van der Waals surface area contributed by atoms with Gasteiger partial charge in [0.15, 0.2) is 0 Å². The number of aryl methyl sites for hydroxylation is 2. The van der Waals surface area contributed by atoms with Crippen LogP contribution < -0.4 is 5.73 Å². The summed E-state index contributed by atoms with van der Waals surface area (Å²) in [5, 5.41) is 4.49. The second kappa shape index (κ2) is 6.04. The molecule has 0 fully saturated rings. The first-order chi connectivity index (χ1) is 9.15. The number of furan rings is 1. The quantitative estimate of drug-likeness (QED) is 0.861. The number of hydrogen-bond acceptors (Lipinski definition) is 4. The molecule has 0 radical (unpaired) electrons. The van der Waals surface area contributed by atoms with E-state index < -0.39 is 0 Å². The summed E-state index contributed by atoms with van der Waals surface area (Å²) in [6.45, 7) is 3.51. The van der Waals surface area contributed by atoms with E-state index in [1.54, 1.807) is 12.5 Å². The lowest BCUT2D eigenvalue weighted by atomic mass is 10.0. The molecule has 5 heteroatoms. The minimum atomic E-state index is 0.179. The molecule has 2 rings (SSSR count). The Labute approximate surface area is 114 Å². The van der Waals surface area contributed by atoms with Crippen LogP contribution in [0.2, 0.25) is 0 Å². The molecule has 0 amide bonds. The summed E-state index contributed by atoms with van der Waals surface area (Å²) in [7, 11) is 4.03. The molecule has 104 valence electrons. The molecule has 0 aromatic carbocycles. The van der Waals surface area contributed by atoms with Gasteiger partial charge in [-0.15, -0.1) is 0 Å². The van der Waals surface area contributed by atoms with E-state index in [9.17, 15) is 0 Å². The van der Waals surface area contributed by atoms with Crippen molar-refractivity contribution in [2.45, 2.75) is 25.9 Å². The lowest BCUT2D eigenvalue weighted by Gasteiger charge is -2.26. The van der Waals surface area contributed by atoms with E-state index in [1.165, 1.54) is 5.56 Å². The minimum Gasteiger partial charge on any atom is -0.472 e. The van der Waals surface area contributed by atoms with Crippen molar-refractivity contribution in [3.05, 3.63) is 41.6 Å². The molecule has 1 unspecified atom stereocenters. The van der Waals surface area contributed by atoms with Gasteiger partial charge in [-0.2, -0.15) is 5.10 Å². The number of nitrogens with zero attached hydrogens (tertiary/aromatic N) is 3. The minimum absolute atomic E-state index is 0.179. The first-order valence-corrected chi connectivity index (χ1v) is 6.59. The Morgan fingerprint density at radius 1 is 1.53 bits per heavy atom. The molecule has 1 atom stereocenters. The van der Waals surface area contributed by atoms with Crippen LogP contribution in [0.4, 0.5) is 0 Å². The summed E-state index contributed by atoms with van der Waals surface area (Å²) in [6, 6.07) is 2.16. The molecule has 0 spiro atoms. The van der Waals surface area contributed by atoms with Crippen LogP contribution in [0.5, 0.6) is 0 Å². The average Bonchev–Trinajstić information content (AvgIpc) is 3.00. The van der Waals surface area contributed by atoms with Crippen molar-refractivity contribution in [2.24, 2.45) is 12.8 Å². The van der Waals surface area contributed by atoms with Crippen molar-refractivity contribution in [1.29, 1.82) is 0 Å². The Morgan fingerprint density at radius 2 is 2.32 bits per heavy atom. The highest BCUT2D eigenvalue weighted by Crippen LogP contribution is 2.23. The number of aromatic nitrogens is 2. The van der Waals surface area contributed by atoms with Crippen LogP contribution in [0.3, 0.4) is 0 Å². The number of rotatable bonds is 6. The Morgan fingerprint density at radius 3 is 2.89 bits per heavy atom. The fraction of sp³-hybridized carbons (Fsp3) is 0.500. The van der Waals surface area contributed by atoms with E-state index in [1.807, 2.05) is 17.8 Å². The van der Waals surface area contributed by atoms with Gasteiger partial charge in [0.2, 0.25) is 0 Å². The van der Waals surface area contributed by atoms with Gasteiger partial charge in [0.25, 0.3) is 0 Å². The molecular weight excluding hydrogens is 240 g/mol. The number of likely N-dealkylation sites (N-methyl/N-ethyl adjacent to an activating group) is 1. The molecule has 2 heterocycles. The third-order valence-electron chi connectivity index (χ3n) is 3.40. The third kappa shape index (κ3) is 3.05. The Hall–Kier alpha value is -1.59. The van der Waals surface area contributed by atoms with Gasteiger partial charge in [-0.25, -0.2) is 0 Å². The number of hydrogen-bond donors (Lipinski definition) is 1. The van der Waals surface area contributed by atoms with Crippen molar-refractivity contribution in [3.8, 4) is 0 Å². The van der Waals surface area contributed by atoms with E-state index >= 15 is 0 Å². The second-order valence-electron chi connectivity index (χ2n) is 4.86. The lowest BCUT2D eigenvalue weighted by Crippen LogP contribution is -2.30. The van der Waals surface area contributed by atoms with Crippen molar-refractivity contribution < 1.29 is 4.42 Å². The molecule has 0 aliphatic rings. The molecule has 5 nitrogen and oxygen atoms in total. The summed E-state index contributed by atoms with van der Waals surface area (Å²) in [5.74, 6) is 0. The van der Waals surface area contributed by atoms with Crippen LogP contribution in [0.25, 0.3) is 0 Å². The molecule has 0 saturated carbocycles. The highest BCUT2D eigenvalue weighted by atomic mass is 16.3. The van der Waals surface area contributed by atoms with Gasteiger partial charge in [-0.1, -0.05) is 6.92 Å². The van der Waals surface area contributed by atoms with Gasteiger partial charge in [0.05, 0.1) is 24.3 Å². The van der Waals surface area contributed by atoms with Crippen LogP contribution >= 0.6 is 0 Å². The van der Waals surface area contributed by atoms with Crippen LogP contribution in [-0.4, -0.2) is 28.3 Å². The predicted octanol–water partition coefficient (Wildman–Crippen LogP) is 1.71. The third-order valence-corrected chi connectivity index (χ3v) is 3.40. The molecule has 2 aromatic heterocycles. The molecule has 19 heavy (non-hydrogen) atoms. The smallest absolute Gasteiger partial charge is 0.0947 e. The molecule has 2 N–H and O–H groups in total. The molecular formula is C14H22N4O.